The standard InChI is InChI=1S/C21H17ClN2O8/c1-3-30-19(25)11-31-17-7-4-12(9-18(17)29-2)8-16-21(26)32-20(23-16)14-10-13(24(27)28)5-6-15(14)22/h4-10H,3,11H2,1-2H3/b16-8-. The molecule has 0 N–H and O–H groups in total. The van der Waals surface area contributed by atoms with E-state index in [-0.39, 0.29) is 41.1 Å². The zero-order valence-electron chi connectivity index (χ0n) is 17.0. The number of esters is 2. The average molecular weight is 461 g/mol. The normalized spacial score (nSPS) is 14.0. The Morgan fingerprint density at radius 2 is 2.03 bits per heavy atom. The van der Waals surface area contributed by atoms with Gasteiger partial charge < -0.3 is 18.9 Å². The molecule has 0 radical (unpaired) electrons. The SMILES string of the molecule is CCOC(=O)COc1ccc(/C=C2\N=C(c3cc([N+](=O)[O-])ccc3Cl)OC2=O)cc1OC. The number of nitro benzene ring substituents is 1. The van der Waals surface area contributed by atoms with Crippen molar-refractivity contribution in [1.82, 2.24) is 0 Å². The highest BCUT2D eigenvalue weighted by molar-refractivity contribution is 6.34. The quantitative estimate of drug-likeness (QED) is 0.253. The minimum atomic E-state index is -0.746. The number of nitro groups is 1. The second-order valence-corrected chi connectivity index (χ2v) is 6.67. The zero-order chi connectivity index (χ0) is 23.3. The Bertz CT molecular complexity index is 1140. The molecule has 0 amide bonds. The number of hydrogen-bond donors (Lipinski definition) is 0. The van der Waals surface area contributed by atoms with Crippen LogP contribution in [0.2, 0.25) is 5.02 Å². The van der Waals surface area contributed by atoms with Crippen LogP contribution < -0.4 is 9.47 Å². The molecule has 166 valence electrons. The number of cyclic esters (lactones) is 1. The number of carbonyl (C=O) groups excluding carboxylic acids is 2. The summed E-state index contributed by atoms with van der Waals surface area (Å²) in [4.78, 5) is 38.3. The van der Waals surface area contributed by atoms with Gasteiger partial charge in [-0.1, -0.05) is 17.7 Å². The van der Waals surface area contributed by atoms with E-state index in [0.29, 0.717) is 17.1 Å². The second kappa shape index (κ2) is 9.92. The summed E-state index contributed by atoms with van der Waals surface area (Å²) in [5.41, 5.74) is 0.402. The molecular weight excluding hydrogens is 444 g/mol. The van der Waals surface area contributed by atoms with Gasteiger partial charge in [0.05, 0.1) is 29.2 Å². The van der Waals surface area contributed by atoms with E-state index in [1.54, 1.807) is 25.1 Å². The number of carbonyl (C=O) groups is 2. The van der Waals surface area contributed by atoms with Crippen LogP contribution in [0.25, 0.3) is 6.08 Å². The molecule has 1 aliphatic rings. The van der Waals surface area contributed by atoms with Crippen LogP contribution in [0.4, 0.5) is 5.69 Å². The van der Waals surface area contributed by atoms with Gasteiger partial charge >= 0.3 is 11.9 Å². The van der Waals surface area contributed by atoms with E-state index in [2.05, 4.69) is 4.99 Å². The maximum Gasteiger partial charge on any atom is 0.363 e. The lowest BCUT2D eigenvalue weighted by Gasteiger charge is -2.10. The number of methoxy groups -OCH3 is 1. The van der Waals surface area contributed by atoms with Crippen molar-refractivity contribution in [3.8, 4) is 11.5 Å². The number of halogens is 1. The number of hydrogen-bond acceptors (Lipinski definition) is 9. The van der Waals surface area contributed by atoms with Crippen LogP contribution in [-0.4, -0.2) is 43.1 Å². The van der Waals surface area contributed by atoms with Crippen molar-refractivity contribution in [2.75, 3.05) is 20.3 Å². The van der Waals surface area contributed by atoms with Crippen molar-refractivity contribution < 1.29 is 33.5 Å². The fourth-order valence-electron chi connectivity index (χ4n) is 2.71. The van der Waals surface area contributed by atoms with Gasteiger partial charge in [-0.05, 0) is 36.8 Å². The second-order valence-electron chi connectivity index (χ2n) is 6.26. The van der Waals surface area contributed by atoms with Crippen LogP contribution in [0.5, 0.6) is 11.5 Å². The lowest BCUT2D eigenvalue weighted by molar-refractivity contribution is -0.384. The molecule has 10 nitrogen and oxygen atoms in total. The number of ether oxygens (including phenoxy) is 4. The van der Waals surface area contributed by atoms with E-state index in [4.69, 9.17) is 30.5 Å². The largest absolute Gasteiger partial charge is 0.493 e. The fourth-order valence-corrected chi connectivity index (χ4v) is 2.90. The third-order valence-corrected chi connectivity index (χ3v) is 4.48. The van der Waals surface area contributed by atoms with E-state index in [0.717, 1.165) is 0 Å². The summed E-state index contributed by atoms with van der Waals surface area (Å²) in [7, 11) is 1.42. The minimum Gasteiger partial charge on any atom is -0.493 e. The van der Waals surface area contributed by atoms with Crippen molar-refractivity contribution in [2.24, 2.45) is 4.99 Å². The predicted octanol–water partition coefficient (Wildman–Crippen LogP) is 3.54. The zero-order valence-corrected chi connectivity index (χ0v) is 17.7. The van der Waals surface area contributed by atoms with Gasteiger partial charge in [0.25, 0.3) is 5.69 Å². The number of rotatable bonds is 8. The van der Waals surface area contributed by atoms with E-state index in [1.807, 2.05) is 0 Å². The Kier molecular flexibility index (Phi) is 7.06. The predicted molar refractivity (Wildman–Crippen MR) is 114 cm³/mol. The Balaban J connectivity index is 1.86. The number of nitrogens with zero attached hydrogens (tertiary/aromatic N) is 2. The van der Waals surface area contributed by atoms with Crippen molar-refractivity contribution in [1.29, 1.82) is 0 Å². The molecule has 2 aromatic carbocycles. The molecule has 0 unspecified atom stereocenters. The van der Waals surface area contributed by atoms with Crippen LogP contribution in [-0.2, 0) is 19.1 Å². The summed E-state index contributed by atoms with van der Waals surface area (Å²) < 4.78 is 20.6. The summed E-state index contributed by atoms with van der Waals surface area (Å²) in [5.74, 6) is -0.776. The van der Waals surface area contributed by atoms with Gasteiger partial charge in [0.1, 0.15) is 0 Å². The van der Waals surface area contributed by atoms with Gasteiger partial charge in [-0.3, -0.25) is 10.1 Å². The first-order valence-electron chi connectivity index (χ1n) is 9.25. The van der Waals surface area contributed by atoms with Crippen molar-refractivity contribution in [3.05, 3.63) is 68.4 Å². The average Bonchev–Trinajstić information content (AvgIpc) is 3.12. The lowest BCUT2D eigenvalue weighted by Crippen LogP contribution is -2.14. The van der Waals surface area contributed by atoms with Crippen LogP contribution >= 0.6 is 11.6 Å². The van der Waals surface area contributed by atoms with Gasteiger partial charge in [-0.15, -0.1) is 0 Å². The summed E-state index contributed by atoms with van der Waals surface area (Å²) in [5, 5.41) is 11.2. The monoisotopic (exact) mass is 460 g/mol. The smallest absolute Gasteiger partial charge is 0.363 e. The van der Waals surface area contributed by atoms with E-state index < -0.39 is 16.9 Å². The third kappa shape index (κ3) is 5.22. The molecule has 0 aromatic heterocycles. The Labute approximate surface area is 187 Å². The minimum absolute atomic E-state index is 0.0372. The molecule has 0 spiro atoms. The fraction of sp³-hybridized carbons (Fsp3) is 0.190. The van der Waals surface area contributed by atoms with Gasteiger partial charge in [0, 0.05) is 12.1 Å². The molecule has 11 heteroatoms. The first-order chi connectivity index (χ1) is 15.3. The summed E-state index contributed by atoms with van der Waals surface area (Å²) >= 11 is 6.09. The summed E-state index contributed by atoms with van der Waals surface area (Å²) in [6.45, 7) is 1.65. The van der Waals surface area contributed by atoms with Crippen LogP contribution in [0.1, 0.15) is 18.1 Å². The van der Waals surface area contributed by atoms with Crippen LogP contribution in [0.3, 0.4) is 0 Å². The Hall–Kier alpha value is -3.92. The van der Waals surface area contributed by atoms with Gasteiger partial charge in [0.15, 0.2) is 23.8 Å². The first kappa shape index (κ1) is 22.8. The Morgan fingerprint density at radius 1 is 1.25 bits per heavy atom. The topological polar surface area (TPSA) is 127 Å². The molecule has 32 heavy (non-hydrogen) atoms. The van der Waals surface area contributed by atoms with E-state index in [1.165, 1.54) is 31.4 Å². The Morgan fingerprint density at radius 3 is 2.72 bits per heavy atom. The molecule has 0 saturated heterocycles. The maximum atomic E-state index is 12.3. The molecule has 2 aromatic rings. The maximum absolute atomic E-state index is 12.3. The number of aliphatic imine (C=N–C) groups is 1. The first-order valence-corrected chi connectivity index (χ1v) is 9.63. The third-order valence-electron chi connectivity index (χ3n) is 4.15. The molecule has 1 heterocycles. The molecule has 0 saturated carbocycles. The molecule has 0 fully saturated rings. The highest BCUT2D eigenvalue weighted by atomic mass is 35.5. The van der Waals surface area contributed by atoms with Gasteiger partial charge in [-0.2, -0.15) is 0 Å². The number of benzene rings is 2. The highest BCUT2D eigenvalue weighted by Crippen LogP contribution is 2.31. The van der Waals surface area contributed by atoms with Crippen LogP contribution in [0.15, 0.2) is 47.1 Å². The molecule has 1 aliphatic heterocycles. The van der Waals surface area contributed by atoms with Gasteiger partial charge in [-0.25, -0.2) is 14.6 Å². The molecule has 0 bridgehead atoms. The van der Waals surface area contributed by atoms with E-state index >= 15 is 0 Å². The lowest BCUT2D eigenvalue weighted by atomic mass is 10.1. The summed E-state index contributed by atoms with van der Waals surface area (Å²) in [6, 6.07) is 8.50. The van der Waals surface area contributed by atoms with Crippen LogP contribution in [0, 0.1) is 10.1 Å². The highest BCUT2D eigenvalue weighted by Gasteiger charge is 2.27. The molecule has 3 rings (SSSR count). The summed E-state index contributed by atoms with van der Waals surface area (Å²) in [6.07, 6.45) is 1.44. The molecule has 0 aliphatic carbocycles. The molecular formula is C21H17ClN2O8. The number of non-ortho nitro benzene ring substituents is 1. The molecule has 0 atom stereocenters. The van der Waals surface area contributed by atoms with Gasteiger partial charge in [0.2, 0.25) is 5.90 Å². The van der Waals surface area contributed by atoms with Crippen molar-refractivity contribution in [3.63, 3.8) is 0 Å². The van der Waals surface area contributed by atoms with E-state index in [9.17, 15) is 19.7 Å². The van der Waals surface area contributed by atoms with Crippen molar-refractivity contribution >= 4 is 41.2 Å². The van der Waals surface area contributed by atoms with Crippen molar-refractivity contribution in [2.45, 2.75) is 6.92 Å².